The Balaban J connectivity index is 3.89. The first-order valence-electron chi connectivity index (χ1n) is 5.17. The zero-order valence-electron chi connectivity index (χ0n) is 9.30. The van der Waals surface area contributed by atoms with Crippen LogP contribution in [0.1, 0.15) is 33.6 Å². The first kappa shape index (κ1) is 13.1. The minimum Gasteiger partial charge on any atom is -0.316 e. The van der Waals surface area contributed by atoms with Gasteiger partial charge in [-0.2, -0.15) is 0 Å². The van der Waals surface area contributed by atoms with E-state index in [2.05, 4.69) is 26.1 Å². The van der Waals surface area contributed by atoms with Crippen LogP contribution in [-0.2, 0) is 10.8 Å². The molecule has 0 aromatic rings. The Morgan fingerprint density at radius 1 is 1.38 bits per heavy atom. The third-order valence-electron chi connectivity index (χ3n) is 2.50. The van der Waals surface area contributed by atoms with Gasteiger partial charge in [-0.05, 0) is 19.4 Å². The van der Waals surface area contributed by atoms with Crippen LogP contribution < -0.4 is 5.32 Å². The van der Waals surface area contributed by atoms with Crippen molar-refractivity contribution in [2.24, 2.45) is 5.92 Å². The standard InChI is InChI=1S/C10H23NOS/c1-5-7-13(12)8-10(11-4)9(3)6-2/h9-11H,5-8H2,1-4H3. The van der Waals surface area contributed by atoms with Crippen LogP contribution in [0.3, 0.4) is 0 Å². The van der Waals surface area contributed by atoms with Crippen molar-refractivity contribution in [1.29, 1.82) is 0 Å². The maximum atomic E-state index is 11.5. The highest BCUT2D eigenvalue weighted by atomic mass is 32.2. The predicted molar refractivity (Wildman–Crippen MR) is 60.5 cm³/mol. The van der Waals surface area contributed by atoms with Gasteiger partial charge in [0.1, 0.15) is 0 Å². The minimum atomic E-state index is -0.635. The topological polar surface area (TPSA) is 29.1 Å². The third-order valence-corrected chi connectivity index (χ3v) is 4.09. The quantitative estimate of drug-likeness (QED) is 0.686. The summed E-state index contributed by atoms with van der Waals surface area (Å²) < 4.78 is 11.5. The number of rotatable bonds is 7. The zero-order chi connectivity index (χ0) is 10.3. The van der Waals surface area contributed by atoms with E-state index in [9.17, 15) is 4.21 Å². The van der Waals surface area contributed by atoms with E-state index in [1.807, 2.05) is 7.05 Å². The fourth-order valence-electron chi connectivity index (χ4n) is 1.33. The summed E-state index contributed by atoms with van der Waals surface area (Å²) in [6, 6.07) is 0.414. The van der Waals surface area contributed by atoms with Crippen molar-refractivity contribution in [1.82, 2.24) is 5.32 Å². The minimum absolute atomic E-state index is 0.414. The van der Waals surface area contributed by atoms with Gasteiger partial charge in [-0.15, -0.1) is 0 Å². The maximum absolute atomic E-state index is 11.5. The molecule has 3 unspecified atom stereocenters. The van der Waals surface area contributed by atoms with Gasteiger partial charge in [-0.3, -0.25) is 4.21 Å². The third kappa shape index (κ3) is 5.42. The van der Waals surface area contributed by atoms with Crippen molar-refractivity contribution in [2.45, 2.75) is 39.7 Å². The molecule has 0 saturated heterocycles. The number of hydrogen-bond donors (Lipinski definition) is 1. The summed E-state index contributed by atoms with van der Waals surface area (Å²) in [5.74, 6) is 2.26. The Morgan fingerprint density at radius 2 is 2.00 bits per heavy atom. The van der Waals surface area contributed by atoms with Crippen molar-refractivity contribution in [2.75, 3.05) is 18.6 Å². The highest BCUT2D eigenvalue weighted by molar-refractivity contribution is 7.85. The molecule has 0 radical (unpaired) electrons. The van der Waals surface area contributed by atoms with E-state index in [1.165, 1.54) is 0 Å². The lowest BCUT2D eigenvalue weighted by molar-refractivity contribution is 0.418. The van der Waals surface area contributed by atoms with Crippen LogP contribution in [0.5, 0.6) is 0 Å². The average Bonchev–Trinajstić information content (AvgIpc) is 2.13. The van der Waals surface area contributed by atoms with Crippen LogP contribution in [0, 0.1) is 5.92 Å². The molecule has 80 valence electrons. The fraction of sp³-hybridized carbons (Fsp3) is 1.00. The lowest BCUT2D eigenvalue weighted by Gasteiger charge is -2.21. The van der Waals surface area contributed by atoms with Crippen LogP contribution in [0.15, 0.2) is 0 Å². The molecular weight excluding hydrogens is 182 g/mol. The molecule has 0 rings (SSSR count). The number of nitrogens with one attached hydrogen (secondary N) is 1. The second-order valence-electron chi connectivity index (χ2n) is 3.59. The average molecular weight is 205 g/mol. The van der Waals surface area contributed by atoms with E-state index >= 15 is 0 Å². The molecule has 0 amide bonds. The van der Waals surface area contributed by atoms with Crippen molar-refractivity contribution >= 4 is 10.8 Å². The molecular formula is C10H23NOS. The predicted octanol–water partition coefficient (Wildman–Crippen LogP) is 1.78. The molecule has 0 spiro atoms. The molecule has 13 heavy (non-hydrogen) atoms. The largest absolute Gasteiger partial charge is 0.316 e. The maximum Gasteiger partial charge on any atom is 0.0391 e. The van der Waals surface area contributed by atoms with Gasteiger partial charge in [0.25, 0.3) is 0 Å². The van der Waals surface area contributed by atoms with E-state index in [4.69, 9.17) is 0 Å². The summed E-state index contributed by atoms with van der Waals surface area (Å²) in [4.78, 5) is 0. The van der Waals surface area contributed by atoms with E-state index in [0.29, 0.717) is 12.0 Å². The molecule has 3 heteroatoms. The number of hydrogen-bond acceptors (Lipinski definition) is 2. The molecule has 0 aromatic carbocycles. The summed E-state index contributed by atoms with van der Waals surface area (Å²) >= 11 is 0. The van der Waals surface area contributed by atoms with Gasteiger partial charge in [0, 0.05) is 28.3 Å². The van der Waals surface area contributed by atoms with Gasteiger partial charge in [-0.25, -0.2) is 0 Å². The van der Waals surface area contributed by atoms with E-state index in [-0.39, 0.29) is 0 Å². The molecule has 0 aliphatic rings. The lowest BCUT2D eigenvalue weighted by Crippen LogP contribution is -2.37. The first-order chi connectivity index (χ1) is 6.15. The lowest BCUT2D eigenvalue weighted by atomic mass is 10.0. The molecule has 1 N–H and O–H groups in total. The summed E-state index contributed by atoms with van der Waals surface area (Å²) in [6.07, 6.45) is 2.17. The molecule has 0 heterocycles. The molecule has 0 aliphatic carbocycles. The normalized spacial score (nSPS) is 18.2. The molecule has 0 aromatic heterocycles. The second kappa shape index (κ2) is 7.51. The van der Waals surface area contributed by atoms with Crippen molar-refractivity contribution in [3.63, 3.8) is 0 Å². The molecule has 0 bridgehead atoms. The van der Waals surface area contributed by atoms with Gasteiger partial charge >= 0.3 is 0 Å². The second-order valence-corrected chi connectivity index (χ2v) is 5.21. The summed E-state index contributed by atoms with van der Waals surface area (Å²) in [5, 5.41) is 3.25. The Labute approximate surface area is 84.9 Å². The van der Waals surface area contributed by atoms with E-state index in [0.717, 1.165) is 24.3 Å². The van der Waals surface area contributed by atoms with Gasteiger partial charge in [0.05, 0.1) is 0 Å². The van der Waals surface area contributed by atoms with Gasteiger partial charge in [0.15, 0.2) is 0 Å². The summed E-state index contributed by atoms with van der Waals surface area (Å²) in [7, 11) is 1.32. The molecule has 0 aliphatic heterocycles. The van der Waals surface area contributed by atoms with Crippen molar-refractivity contribution in [3.8, 4) is 0 Å². The van der Waals surface area contributed by atoms with Crippen LogP contribution in [0.25, 0.3) is 0 Å². The Morgan fingerprint density at radius 3 is 2.38 bits per heavy atom. The Hall–Kier alpha value is 0.110. The fourth-order valence-corrected chi connectivity index (χ4v) is 2.85. The zero-order valence-corrected chi connectivity index (χ0v) is 10.1. The van der Waals surface area contributed by atoms with Gasteiger partial charge < -0.3 is 5.32 Å². The molecule has 0 fully saturated rings. The molecule has 0 saturated carbocycles. The van der Waals surface area contributed by atoms with Crippen molar-refractivity contribution in [3.05, 3.63) is 0 Å². The van der Waals surface area contributed by atoms with E-state index < -0.39 is 10.8 Å². The Bertz CT molecular complexity index is 150. The van der Waals surface area contributed by atoms with Crippen LogP contribution in [0.4, 0.5) is 0 Å². The van der Waals surface area contributed by atoms with Gasteiger partial charge in [0.2, 0.25) is 0 Å². The summed E-state index contributed by atoms with van der Waals surface area (Å²) in [5.41, 5.74) is 0. The summed E-state index contributed by atoms with van der Waals surface area (Å²) in [6.45, 7) is 6.47. The Kier molecular flexibility index (Phi) is 7.57. The van der Waals surface area contributed by atoms with Gasteiger partial charge in [-0.1, -0.05) is 27.2 Å². The van der Waals surface area contributed by atoms with E-state index in [1.54, 1.807) is 0 Å². The van der Waals surface area contributed by atoms with Crippen LogP contribution >= 0.6 is 0 Å². The smallest absolute Gasteiger partial charge is 0.0391 e. The van der Waals surface area contributed by atoms with Crippen molar-refractivity contribution < 1.29 is 4.21 Å². The SMILES string of the molecule is CCCS(=O)CC(NC)C(C)CC. The first-order valence-corrected chi connectivity index (χ1v) is 6.66. The molecule has 2 nitrogen and oxygen atoms in total. The molecule has 3 atom stereocenters. The van der Waals surface area contributed by atoms with Crippen LogP contribution in [-0.4, -0.2) is 28.8 Å². The highest BCUT2D eigenvalue weighted by Crippen LogP contribution is 2.08. The monoisotopic (exact) mass is 205 g/mol. The van der Waals surface area contributed by atoms with Crippen LogP contribution in [0.2, 0.25) is 0 Å². The highest BCUT2D eigenvalue weighted by Gasteiger charge is 2.15.